The van der Waals surface area contributed by atoms with Crippen molar-refractivity contribution >= 4 is 35.1 Å². The van der Waals surface area contributed by atoms with Gasteiger partial charge in [0, 0.05) is 10.6 Å². The fourth-order valence-electron chi connectivity index (χ4n) is 3.44. The Bertz CT molecular complexity index is 1170. The summed E-state index contributed by atoms with van der Waals surface area (Å²) in [7, 11) is 0. The molecule has 1 aliphatic heterocycles. The summed E-state index contributed by atoms with van der Waals surface area (Å²) in [6.07, 6.45) is 1.76. The summed E-state index contributed by atoms with van der Waals surface area (Å²) in [6, 6.07) is 22.4. The lowest BCUT2D eigenvalue weighted by Gasteiger charge is -2.18. The van der Waals surface area contributed by atoms with E-state index in [1.807, 2.05) is 74.5 Å². The van der Waals surface area contributed by atoms with E-state index >= 15 is 0 Å². The van der Waals surface area contributed by atoms with Crippen LogP contribution in [0.2, 0.25) is 5.02 Å². The zero-order valence-electron chi connectivity index (χ0n) is 17.9. The summed E-state index contributed by atoms with van der Waals surface area (Å²) in [5.74, 6) is 1.66. The van der Waals surface area contributed by atoms with Gasteiger partial charge in [0.2, 0.25) is 0 Å². The molecule has 0 saturated heterocycles. The number of amidine groups is 1. The second-order valence-corrected chi connectivity index (χ2v) is 7.46. The maximum absolute atomic E-state index is 13.4. The van der Waals surface area contributed by atoms with Crippen molar-refractivity contribution in [3.8, 4) is 11.5 Å². The summed E-state index contributed by atoms with van der Waals surface area (Å²) >= 11 is 6.06. The van der Waals surface area contributed by atoms with Gasteiger partial charge in [-0.25, -0.2) is 4.99 Å². The highest BCUT2D eigenvalue weighted by Crippen LogP contribution is 2.32. The van der Waals surface area contributed by atoms with E-state index in [-0.39, 0.29) is 5.91 Å². The number of carbonyl (C=O) groups excluding carboxylic acids is 1. The number of amides is 1. The number of hydrogen-bond donors (Lipinski definition) is 0. The number of para-hydroxylation sites is 1. The third-order valence-electron chi connectivity index (χ3n) is 4.85. The normalized spacial score (nSPS) is 14.6. The Morgan fingerprint density at radius 3 is 2.28 bits per heavy atom. The van der Waals surface area contributed by atoms with E-state index in [4.69, 9.17) is 26.1 Å². The molecule has 162 valence electrons. The largest absolute Gasteiger partial charge is 0.490 e. The molecule has 4 rings (SSSR count). The van der Waals surface area contributed by atoms with Crippen LogP contribution in [0.25, 0.3) is 6.08 Å². The SMILES string of the molecule is CCOc1ccc(C=C2N=C(c3ccc(Cl)cc3)N(c3ccccc3)C2=O)cc1OCC. The molecule has 6 heteroatoms. The lowest BCUT2D eigenvalue weighted by atomic mass is 10.1. The maximum Gasteiger partial charge on any atom is 0.282 e. The quantitative estimate of drug-likeness (QED) is 0.420. The van der Waals surface area contributed by atoms with Crippen LogP contribution in [0.3, 0.4) is 0 Å². The molecular weight excluding hydrogens is 424 g/mol. The van der Waals surface area contributed by atoms with Crippen molar-refractivity contribution in [1.82, 2.24) is 0 Å². The van der Waals surface area contributed by atoms with Gasteiger partial charge in [0.15, 0.2) is 11.5 Å². The lowest BCUT2D eigenvalue weighted by molar-refractivity contribution is -0.113. The van der Waals surface area contributed by atoms with Crippen LogP contribution in [-0.2, 0) is 4.79 Å². The molecule has 0 unspecified atom stereocenters. The number of carbonyl (C=O) groups is 1. The van der Waals surface area contributed by atoms with Gasteiger partial charge in [0.25, 0.3) is 5.91 Å². The van der Waals surface area contributed by atoms with Crippen LogP contribution in [0, 0.1) is 0 Å². The first kappa shape index (κ1) is 21.7. The molecule has 0 bridgehead atoms. The fraction of sp³-hybridized carbons (Fsp3) is 0.154. The van der Waals surface area contributed by atoms with Crippen LogP contribution < -0.4 is 14.4 Å². The molecule has 1 aliphatic rings. The van der Waals surface area contributed by atoms with Gasteiger partial charge < -0.3 is 9.47 Å². The first-order valence-corrected chi connectivity index (χ1v) is 10.8. The summed E-state index contributed by atoms with van der Waals surface area (Å²) in [4.78, 5) is 19.7. The van der Waals surface area contributed by atoms with E-state index < -0.39 is 0 Å². The Balaban J connectivity index is 1.77. The average molecular weight is 447 g/mol. The van der Waals surface area contributed by atoms with E-state index in [9.17, 15) is 4.79 Å². The van der Waals surface area contributed by atoms with E-state index in [0.29, 0.717) is 41.3 Å². The topological polar surface area (TPSA) is 51.1 Å². The standard InChI is InChI=1S/C26H23ClN2O3/c1-3-31-23-15-10-18(17-24(23)32-4-2)16-22-26(30)29(21-8-6-5-7-9-21)25(28-22)19-11-13-20(27)14-12-19/h5-17H,3-4H2,1-2H3. The average Bonchev–Trinajstić information content (AvgIpc) is 3.13. The molecule has 0 atom stereocenters. The Labute approximate surface area is 192 Å². The molecule has 0 N–H and O–H groups in total. The van der Waals surface area contributed by atoms with Crippen molar-refractivity contribution in [2.24, 2.45) is 4.99 Å². The zero-order chi connectivity index (χ0) is 22.5. The van der Waals surface area contributed by atoms with Crippen molar-refractivity contribution in [2.75, 3.05) is 18.1 Å². The van der Waals surface area contributed by atoms with Gasteiger partial charge in [0.05, 0.1) is 18.9 Å². The highest BCUT2D eigenvalue weighted by molar-refractivity contribution is 6.34. The van der Waals surface area contributed by atoms with Gasteiger partial charge in [-0.2, -0.15) is 0 Å². The fourth-order valence-corrected chi connectivity index (χ4v) is 3.57. The van der Waals surface area contributed by atoms with Crippen LogP contribution in [-0.4, -0.2) is 25.0 Å². The van der Waals surface area contributed by atoms with Crippen molar-refractivity contribution in [1.29, 1.82) is 0 Å². The Kier molecular flexibility index (Phi) is 6.57. The summed E-state index contributed by atoms with van der Waals surface area (Å²) in [5.41, 5.74) is 2.69. The Hall–Kier alpha value is -3.57. The number of hydrogen-bond acceptors (Lipinski definition) is 4. The van der Waals surface area contributed by atoms with Gasteiger partial charge in [-0.05, 0) is 74.0 Å². The summed E-state index contributed by atoms with van der Waals surface area (Å²) in [6.45, 7) is 4.90. The maximum atomic E-state index is 13.4. The smallest absolute Gasteiger partial charge is 0.282 e. The first-order valence-electron chi connectivity index (χ1n) is 10.5. The minimum absolute atomic E-state index is 0.201. The molecule has 0 radical (unpaired) electrons. The molecule has 3 aromatic carbocycles. The highest BCUT2D eigenvalue weighted by atomic mass is 35.5. The number of anilines is 1. The van der Waals surface area contributed by atoms with Crippen LogP contribution in [0.1, 0.15) is 25.0 Å². The molecule has 0 aliphatic carbocycles. The molecule has 0 aromatic heterocycles. The Morgan fingerprint density at radius 1 is 0.906 bits per heavy atom. The van der Waals surface area contributed by atoms with E-state index in [2.05, 4.69) is 0 Å². The van der Waals surface area contributed by atoms with Gasteiger partial charge >= 0.3 is 0 Å². The van der Waals surface area contributed by atoms with Crippen molar-refractivity contribution in [3.63, 3.8) is 0 Å². The van der Waals surface area contributed by atoms with E-state index in [1.54, 1.807) is 23.1 Å². The minimum Gasteiger partial charge on any atom is -0.490 e. The van der Waals surface area contributed by atoms with E-state index in [1.165, 1.54) is 0 Å². The summed E-state index contributed by atoms with van der Waals surface area (Å²) in [5, 5.41) is 0.624. The third kappa shape index (κ3) is 4.53. The highest BCUT2D eigenvalue weighted by Gasteiger charge is 2.32. The van der Waals surface area contributed by atoms with Crippen molar-refractivity contribution in [3.05, 3.63) is 94.6 Å². The van der Waals surface area contributed by atoms with Crippen LogP contribution >= 0.6 is 11.6 Å². The number of ether oxygens (including phenoxy) is 2. The predicted molar refractivity (Wildman–Crippen MR) is 129 cm³/mol. The molecule has 1 heterocycles. The minimum atomic E-state index is -0.201. The van der Waals surface area contributed by atoms with Gasteiger partial charge in [-0.1, -0.05) is 35.9 Å². The second-order valence-electron chi connectivity index (χ2n) is 7.02. The Morgan fingerprint density at radius 2 is 1.59 bits per heavy atom. The summed E-state index contributed by atoms with van der Waals surface area (Å²) < 4.78 is 11.4. The molecule has 1 amide bonds. The molecule has 0 fully saturated rings. The zero-order valence-corrected chi connectivity index (χ0v) is 18.7. The van der Waals surface area contributed by atoms with Gasteiger partial charge in [-0.15, -0.1) is 0 Å². The van der Waals surface area contributed by atoms with E-state index in [0.717, 1.165) is 16.8 Å². The number of rotatable bonds is 7. The van der Waals surface area contributed by atoms with Crippen molar-refractivity contribution < 1.29 is 14.3 Å². The van der Waals surface area contributed by atoms with Crippen LogP contribution in [0.4, 0.5) is 5.69 Å². The van der Waals surface area contributed by atoms with Crippen LogP contribution in [0.15, 0.2) is 83.5 Å². The molecule has 0 spiro atoms. The van der Waals surface area contributed by atoms with Gasteiger partial charge in [0.1, 0.15) is 11.5 Å². The third-order valence-corrected chi connectivity index (χ3v) is 5.10. The number of benzene rings is 3. The first-order chi connectivity index (χ1) is 15.6. The molecule has 3 aromatic rings. The molecule has 32 heavy (non-hydrogen) atoms. The lowest BCUT2D eigenvalue weighted by Crippen LogP contribution is -2.32. The second kappa shape index (κ2) is 9.71. The molecule has 0 saturated carbocycles. The monoisotopic (exact) mass is 446 g/mol. The molecular formula is C26H23ClN2O3. The van der Waals surface area contributed by atoms with Crippen molar-refractivity contribution in [2.45, 2.75) is 13.8 Å². The predicted octanol–water partition coefficient (Wildman–Crippen LogP) is 5.97. The number of aliphatic imine (C=N–C) groups is 1. The number of nitrogens with zero attached hydrogens (tertiary/aromatic N) is 2. The van der Waals surface area contributed by atoms with Crippen LogP contribution in [0.5, 0.6) is 11.5 Å². The van der Waals surface area contributed by atoms with Gasteiger partial charge in [-0.3, -0.25) is 9.69 Å². The number of halogens is 1. The molecule has 5 nitrogen and oxygen atoms in total.